The van der Waals surface area contributed by atoms with Crippen LogP contribution >= 0.6 is 0 Å². The Labute approximate surface area is 128 Å². The molecule has 5 nitrogen and oxygen atoms in total. The molecule has 1 fully saturated rings. The molecule has 1 aromatic rings. The Balaban J connectivity index is 2.10. The number of rotatable bonds is 9. The van der Waals surface area contributed by atoms with E-state index in [9.17, 15) is 8.42 Å². The Kier molecular flexibility index (Phi) is 5.11. The molecule has 0 unspecified atom stereocenters. The largest absolute Gasteiger partial charge is 0.349 e. The minimum atomic E-state index is -3.40. The monoisotopic (exact) mass is 313 g/mol. The van der Waals surface area contributed by atoms with Crippen molar-refractivity contribution in [2.45, 2.75) is 58.0 Å². The molecule has 1 heterocycles. The lowest BCUT2D eigenvalue weighted by Gasteiger charge is -2.12. The third-order valence-electron chi connectivity index (χ3n) is 4.51. The van der Waals surface area contributed by atoms with Crippen LogP contribution < -0.4 is 10.0 Å². The van der Waals surface area contributed by atoms with Crippen molar-refractivity contribution in [1.29, 1.82) is 0 Å². The summed E-state index contributed by atoms with van der Waals surface area (Å²) in [5.41, 5.74) is 1.23. The normalized spacial score (nSPS) is 17.1. The molecule has 1 aromatic heterocycles. The molecular formula is C15H27N3O2S. The van der Waals surface area contributed by atoms with Crippen LogP contribution in [0.25, 0.3) is 0 Å². The van der Waals surface area contributed by atoms with Gasteiger partial charge >= 0.3 is 0 Å². The second-order valence-electron chi connectivity index (χ2n) is 5.91. The van der Waals surface area contributed by atoms with E-state index in [0.717, 1.165) is 38.0 Å². The van der Waals surface area contributed by atoms with Crippen molar-refractivity contribution in [3.05, 3.63) is 18.0 Å². The first-order valence-electron chi connectivity index (χ1n) is 7.86. The van der Waals surface area contributed by atoms with Crippen LogP contribution in [0.1, 0.15) is 45.7 Å². The molecule has 2 N–H and O–H groups in total. The Morgan fingerprint density at radius 2 is 2.00 bits per heavy atom. The van der Waals surface area contributed by atoms with Gasteiger partial charge in [-0.15, -0.1) is 0 Å². The Morgan fingerprint density at radius 1 is 1.29 bits per heavy atom. The second-order valence-corrected chi connectivity index (χ2v) is 7.68. The van der Waals surface area contributed by atoms with Crippen LogP contribution in [0.3, 0.4) is 0 Å². The second kappa shape index (κ2) is 6.50. The van der Waals surface area contributed by atoms with Crippen molar-refractivity contribution in [3.8, 4) is 0 Å². The minimum Gasteiger partial charge on any atom is -0.349 e. The zero-order valence-electron chi connectivity index (χ0n) is 13.3. The zero-order chi connectivity index (χ0) is 15.5. The van der Waals surface area contributed by atoms with Crippen molar-refractivity contribution >= 4 is 10.0 Å². The first-order chi connectivity index (χ1) is 9.96. The molecule has 0 atom stereocenters. The molecule has 120 valence electrons. The molecule has 0 amide bonds. The summed E-state index contributed by atoms with van der Waals surface area (Å²) >= 11 is 0. The van der Waals surface area contributed by atoms with Gasteiger partial charge in [0.25, 0.3) is 0 Å². The van der Waals surface area contributed by atoms with Gasteiger partial charge in [-0.3, -0.25) is 0 Å². The average Bonchev–Trinajstić information content (AvgIpc) is 3.14. The summed E-state index contributed by atoms with van der Waals surface area (Å²) in [6.45, 7) is 9.09. The molecule has 0 aliphatic heterocycles. The van der Waals surface area contributed by atoms with Crippen molar-refractivity contribution in [2.24, 2.45) is 5.41 Å². The van der Waals surface area contributed by atoms with Gasteiger partial charge in [0.15, 0.2) is 0 Å². The van der Waals surface area contributed by atoms with Crippen LogP contribution in [-0.2, 0) is 23.1 Å². The lowest BCUT2D eigenvalue weighted by atomic mass is 10.1. The quantitative estimate of drug-likeness (QED) is 0.734. The van der Waals surface area contributed by atoms with Crippen LogP contribution in [-0.4, -0.2) is 26.1 Å². The van der Waals surface area contributed by atoms with E-state index >= 15 is 0 Å². The summed E-state index contributed by atoms with van der Waals surface area (Å²) in [5.74, 6) is 0. The molecule has 0 aromatic carbocycles. The van der Waals surface area contributed by atoms with E-state index in [0.29, 0.717) is 18.0 Å². The summed E-state index contributed by atoms with van der Waals surface area (Å²) in [7, 11) is -3.40. The molecule has 1 aliphatic rings. The first kappa shape index (κ1) is 16.5. The number of nitrogens with one attached hydrogen (secondary N) is 2. The molecule has 0 spiro atoms. The highest BCUT2D eigenvalue weighted by Gasteiger charge is 2.41. The van der Waals surface area contributed by atoms with Gasteiger partial charge in [0.05, 0.1) is 4.90 Å². The number of hydrogen-bond donors (Lipinski definition) is 2. The standard InChI is InChI=1S/C15H27N3O2S/c1-4-15(7-8-15)12-17-21(19,20)14-9-13(10-16-5-2)18(6-3)11-14/h9,11,16-17H,4-8,10,12H2,1-3H3. The molecule has 6 heteroatoms. The van der Waals surface area contributed by atoms with Crippen LogP contribution in [0.5, 0.6) is 0 Å². The van der Waals surface area contributed by atoms with Crippen LogP contribution in [0, 0.1) is 5.41 Å². The topological polar surface area (TPSA) is 63.1 Å². The van der Waals surface area contributed by atoms with Crippen LogP contribution in [0.2, 0.25) is 0 Å². The molecule has 1 saturated carbocycles. The van der Waals surface area contributed by atoms with Gasteiger partial charge in [-0.25, -0.2) is 13.1 Å². The van der Waals surface area contributed by atoms with Crippen molar-refractivity contribution in [3.63, 3.8) is 0 Å². The van der Waals surface area contributed by atoms with E-state index in [2.05, 4.69) is 17.0 Å². The fourth-order valence-electron chi connectivity index (χ4n) is 2.53. The molecule has 0 bridgehead atoms. The van der Waals surface area contributed by atoms with Gasteiger partial charge < -0.3 is 9.88 Å². The Bertz CT molecular complexity index is 574. The van der Waals surface area contributed by atoms with Gasteiger partial charge in [-0.1, -0.05) is 13.8 Å². The smallest absolute Gasteiger partial charge is 0.242 e. The fraction of sp³-hybridized carbons (Fsp3) is 0.733. The van der Waals surface area contributed by atoms with Gasteiger partial charge in [-0.2, -0.15) is 0 Å². The molecule has 0 saturated heterocycles. The number of nitrogens with zero attached hydrogens (tertiary/aromatic N) is 1. The van der Waals surface area contributed by atoms with Gasteiger partial charge in [-0.05, 0) is 44.2 Å². The van der Waals surface area contributed by atoms with E-state index in [-0.39, 0.29) is 5.41 Å². The zero-order valence-corrected chi connectivity index (χ0v) is 14.1. The summed E-state index contributed by atoms with van der Waals surface area (Å²) in [5, 5.41) is 3.24. The van der Waals surface area contributed by atoms with E-state index in [1.165, 1.54) is 0 Å². The molecule has 21 heavy (non-hydrogen) atoms. The highest BCUT2D eigenvalue weighted by atomic mass is 32.2. The SMILES string of the molecule is CCNCc1cc(S(=O)(=O)NCC2(CC)CC2)cn1CC. The molecule has 0 radical (unpaired) electrons. The van der Waals surface area contributed by atoms with E-state index < -0.39 is 10.0 Å². The van der Waals surface area contributed by atoms with E-state index in [4.69, 9.17) is 0 Å². The Morgan fingerprint density at radius 3 is 2.52 bits per heavy atom. The van der Waals surface area contributed by atoms with E-state index in [1.807, 2.05) is 18.4 Å². The maximum absolute atomic E-state index is 12.4. The lowest BCUT2D eigenvalue weighted by Crippen LogP contribution is -2.29. The van der Waals surface area contributed by atoms with Gasteiger partial charge in [0, 0.05) is 31.5 Å². The van der Waals surface area contributed by atoms with Gasteiger partial charge in [0.1, 0.15) is 0 Å². The lowest BCUT2D eigenvalue weighted by molar-refractivity contribution is 0.475. The predicted octanol–water partition coefficient (Wildman–Crippen LogP) is 2.09. The van der Waals surface area contributed by atoms with E-state index in [1.54, 1.807) is 12.3 Å². The minimum absolute atomic E-state index is 0.215. The average molecular weight is 313 g/mol. The first-order valence-corrected chi connectivity index (χ1v) is 9.34. The maximum Gasteiger partial charge on any atom is 0.242 e. The Hall–Kier alpha value is -0.850. The molecule has 1 aliphatic carbocycles. The van der Waals surface area contributed by atoms with Crippen LogP contribution in [0.4, 0.5) is 0 Å². The highest BCUT2D eigenvalue weighted by Crippen LogP contribution is 2.48. The molecule has 2 rings (SSSR count). The van der Waals surface area contributed by atoms with Gasteiger partial charge in [0.2, 0.25) is 10.0 Å². The third-order valence-corrected chi connectivity index (χ3v) is 5.88. The number of sulfonamides is 1. The number of hydrogen-bond acceptors (Lipinski definition) is 3. The van der Waals surface area contributed by atoms with Crippen molar-refractivity contribution in [2.75, 3.05) is 13.1 Å². The summed E-state index contributed by atoms with van der Waals surface area (Å²) in [4.78, 5) is 0.379. The molecular weight excluding hydrogens is 286 g/mol. The van der Waals surface area contributed by atoms with Crippen molar-refractivity contribution in [1.82, 2.24) is 14.6 Å². The fourth-order valence-corrected chi connectivity index (χ4v) is 3.75. The summed E-state index contributed by atoms with van der Waals surface area (Å²) < 4.78 is 29.6. The third kappa shape index (κ3) is 3.87. The van der Waals surface area contributed by atoms with Crippen molar-refractivity contribution < 1.29 is 8.42 Å². The van der Waals surface area contributed by atoms with Crippen LogP contribution in [0.15, 0.2) is 17.2 Å². The number of aryl methyl sites for hydroxylation is 1. The summed E-state index contributed by atoms with van der Waals surface area (Å²) in [6.07, 6.45) is 5.04. The number of aromatic nitrogens is 1. The summed E-state index contributed by atoms with van der Waals surface area (Å²) in [6, 6.07) is 1.78. The predicted molar refractivity (Wildman–Crippen MR) is 84.6 cm³/mol. The maximum atomic E-state index is 12.4. The highest BCUT2D eigenvalue weighted by molar-refractivity contribution is 7.89.